The molecule has 3 aliphatic heterocycles. The number of nitrogens with zero attached hydrogens (tertiary/aromatic N) is 11. The molecule has 6 heterocycles. The van der Waals surface area contributed by atoms with Crippen LogP contribution in [0.2, 0.25) is 0 Å². The average Bonchev–Trinajstić information content (AvgIpc) is 3.98. The standard InChI is InChI=1S/C13H17N5O8S2.2C10H13N5O4/c1-5-7(10(20)18(5)28(23,24)25)16-9(19)8(6-4-27-12(14)15-6)17-26-13(2,3)11(21)22;2*1-5-3-15(10(18)12-9(5)17)8-2-6(13-14-11)7(4-16)19-8/h4-5,7H,1-3H3,(H2,14,15)(H,16,19)(H,21,22)(H,23,24,25);2*3,6-8,16H,2,4H2,1H3,(H,12,17,18)/b17-8+;;/t5-,7-;2*6-,7+,8+/m000/s1. The first-order chi connectivity index (χ1) is 30.9. The number of aromatic amines is 2. The first kappa shape index (κ1) is 51.7. The molecule has 66 heavy (non-hydrogen) atoms. The van der Waals surface area contributed by atoms with Gasteiger partial charge in [-0.3, -0.25) is 42.8 Å². The van der Waals surface area contributed by atoms with Gasteiger partial charge in [-0.15, -0.1) is 11.3 Å². The Morgan fingerprint density at radius 1 is 0.970 bits per heavy atom. The second-order valence-electron chi connectivity index (χ2n) is 14.8. The Kier molecular flexibility index (Phi) is 16.7. The quantitative estimate of drug-likeness (QED) is 0.0182. The Hall–Kier alpha value is -6.96. The lowest BCUT2D eigenvalue weighted by atomic mass is 10.0. The Balaban J connectivity index is 0.000000223. The van der Waals surface area contributed by atoms with Crippen LogP contribution in [0.5, 0.6) is 0 Å². The zero-order chi connectivity index (χ0) is 49.4. The van der Waals surface area contributed by atoms with Gasteiger partial charge in [-0.1, -0.05) is 15.4 Å². The van der Waals surface area contributed by atoms with Crippen LogP contribution >= 0.6 is 11.3 Å². The maximum absolute atomic E-state index is 12.6. The molecule has 8 atom stereocenters. The van der Waals surface area contributed by atoms with E-state index in [0.717, 1.165) is 11.3 Å². The highest BCUT2D eigenvalue weighted by atomic mass is 32.2. The summed E-state index contributed by atoms with van der Waals surface area (Å²) in [4.78, 5) is 100. The van der Waals surface area contributed by atoms with Crippen LogP contribution in [-0.4, -0.2) is 135 Å². The topological polar surface area (TPSA) is 468 Å². The molecule has 0 saturated carbocycles. The summed E-state index contributed by atoms with van der Waals surface area (Å²) in [6.07, 6.45) is 0.658. The molecule has 0 spiro atoms. The molecule has 3 aromatic heterocycles. The summed E-state index contributed by atoms with van der Waals surface area (Å²) in [6, 6.07) is -3.40. The molecule has 3 fully saturated rings. The molecular weight excluding hydrogens is 927 g/mol. The van der Waals surface area contributed by atoms with Crippen LogP contribution in [0.1, 0.15) is 62.9 Å². The highest BCUT2D eigenvalue weighted by Gasteiger charge is 2.52. The molecule has 3 aromatic rings. The number of anilines is 1. The largest absolute Gasteiger partial charge is 0.478 e. The molecule has 0 aliphatic carbocycles. The van der Waals surface area contributed by atoms with Crippen LogP contribution in [0.15, 0.2) is 52.3 Å². The number of nitrogens with two attached hydrogens (primary N) is 1. The first-order valence-electron chi connectivity index (χ1n) is 19.0. The number of ether oxygens (including phenoxy) is 2. The fraction of sp³-hybridized carbons (Fsp3) is 0.545. The van der Waals surface area contributed by atoms with E-state index >= 15 is 0 Å². The van der Waals surface area contributed by atoms with Gasteiger partial charge in [0, 0.05) is 51.6 Å². The van der Waals surface area contributed by atoms with Crippen molar-refractivity contribution in [2.45, 2.75) is 102 Å². The van der Waals surface area contributed by atoms with E-state index in [-0.39, 0.29) is 41.2 Å². The molecule has 358 valence electrons. The predicted molar refractivity (Wildman–Crippen MR) is 225 cm³/mol. The number of aromatic nitrogens is 5. The number of hydrogen-bond donors (Lipinski definition) is 8. The molecule has 0 radical (unpaired) electrons. The minimum absolute atomic E-state index is 0.0350. The lowest BCUT2D eigenvalue weighted by molar-refractivity contribution is -0.161. The third kappa shape index (κ3) is 12.0. The van der Waals surface area contributed by atoms with Crippen molar-refractivity contribution in [2.24, 2.45) is 15.4 Å². The maximum atomic E-state index is 12.6. The molecule has 9 N–H and O–H groups in total. The van der Waals surface area contributed by atoms with Crippen molar-refractivity contribution in [1.29, 1.82) is 0 Å². The van der Waals surface area contributed by atoms with Gasteiger partial charge in [0.2, 0.25) is 5.60 Å². The molecule has 31 nitrogen and oxygen atoms in total. The highest BCUT2D eigenvalue weighted by molar-refractivity contribution is 7.84. The summed E-state index contributed by atoms with van der Waals surface area (Å²) in [5.41, 5.74) is 18.8. The third-order valence-electron chi connectivity index (χ3n) is 9.81. The first-order valence-corrected chi connectivity index (χ1v) is 21.2. The number of nitrogens with one attached hydrogen (secondary N) is 3. The number of carbonyl (C=O) groups is 3. The lowest BCUT2D eigenvalue weighted by Gasteiger charge is -2.42. The van der Waals surface area contributed by atoms with Crippen LogP contribution < -0.4 is 33.5 Å². The Bertz CT molecular complexity index is 2700. The van der Waals surface area contributed by atoms with Crippen molar-refractivity contribution in [3.8, 4) is 0 Å². The predicted octanol–water partition coefficient (Wildman–Crippen LogP) is -1.57. The number of amides is 2. The van der Waals surface area contributed by atoms with Gasteiger partial charge < -0.3 is 40.7 Å². The number of rotatable bonds is 13. The van der Waals surface area contributed by atoms with Crippen molar-refractivity contribution in [3.63, 3.8) is 0 Å². The Morgan fingerprint density at radius 2 is 1.44 bits per heavy atom. The van der Waals surface area contributed by atoms with E-state index in [1.54, 1.807) is 13.8 Å². The highest BCUT2D eigenvalue weighted by Crippen LogP contribution is 2.31. The van der Waals surface area contributed by atoms with Crippen molar-refractivity contribution >= 4 is 50.3 Å². The number of carbonyl (C=O) groups excluding carboxylic acids is 2. The van der Waals surface area contributed by atoms with Gasteiger partial charge in [0.1, 0.15) is 24.2 Å². The van der Waals surface area contributed by atoms with E-state index in [9.17, 15) is 42.0 Å². The van der Waals surface area contributed by atoms with Gasteiger partial charge in [0.15, 0.2) is 10.8 Å². The van der Waals surface area contributed by atoms with Gasteiger partial charge in [0.25, 0.3) is 22.9 Å². The number of β-lactam (4-membered cyclic amide) rings is 1. The summed E-state index contributed by atoms with van der Waals surface area (Å²) in [5.74, 6) is -3.38. The number of oxime groups is 1. The molecule has 0 unspecified atom stereocenters. The monoisotopic (exact) mass is 969 g/mol. The van der Waals surface area contributed by atoms with Crippen molar-refractivity contribution < 1.29 is 57.0 Å². The van der Waals surface area contributed by atoms with E-state index in [4.69, 9.17) is 51.0 Å². The SMILES string of the molecule is C[C@H]1[C@H](NC(=O)/C(=N/OC(C)(C)C(=O)O)c2csc(N)n2)C(=O)N1S(=O)(=O)O.Cc1cn([C@H]2C[C@H](N=[N+]=[N-])[C@@H](CO)O2)c(=O)[nH]c1=O.Cc1cn([C@H]2C[C@H](N=[N+]=[N-])[C@@H](CO)O2)c(=O)[nH]c1=O. The number of aliphatic hydroxyl groups is 2. The van der Waals surface area contributed by atoms with Gasteiger partial charge in [-0.25, -0.2) is 23.7 Å². The van der Waals surface area contributed by atoms with Gasteiger partial charge >= 0.3 is 27.7 Å². The smallest absolute Gasteiger partial charge is 0.362 e. The van der Waals surface area contributed by atoms with E-state index < -0.39 is 111 Å². The number of hydrogen-bond acceptors (Lipinski definition) is 20. The van der Waals surface area contributed by atoms with Crippen LogP contribution in [0.3, 0.4) is 0 Å². The number of aliphatic carboxylic acids is 1. The van der Waals surface area contributed by atoms with E-state index in [1.165, 1.54) is 47.7 Å². The molecule has 0 bridgehead atoms. The molecular formula is C33H43N15O16S2. The summed E-state index contributed by atoms with van der Waals surface area (Å²) in [7, 11) is -4.76. The minimum Gasteiger partial charge on any atom is -0.478 e. The number of aliphatic hydroxyl groups excluding tert-OH is 2. The summed E-state index contributed by atoms with van der Waals surface area (Å²) < 4.78 is 44.8. The number of azide groups is 2. The van der Waals surface area contributed by atoms with Crippen LogP contribution in [0.4, 0.5) is 5.13 Å². The second-order valence-corrected chi connectivity index (χ2v) is 17.0. The average molecular weight is 970 g/mol. The number of aryl methyl sites for hydroxylation is 2. The Morgan fingerprint density at radius 3 is 1.80 bits per heavy atom. The van der Waals surface area contributed by atoms with Gasteiger partial charge in [0.05, 0.1) is 43.5 Å². The molecule has 3 aliphatic rings. The van der Waals surface area contributed by atoms with Crippen molar-refractivity contribution in [1.82, 2.24) is 33.7 Å². The van der Waals surface area contributed by atoms with Crippen LogP contribution in [0, 0.1) is 13.8 Å². The number of thiazole rings is 1. The number of carboxylic acid groups (broad SMARTS) is 1. The van der Waals surface area contributed by atoms with Crippen molar-refractivity contribution in [3.05, 3.63) is 97.2 Å². The second kappa shape index (κ2) is 21.4. The molecule has 2 amide bonds. The lowest BCUT2D eigenvalue weighted by Crippen LogP contribution is -2.71. The minimum atomic E-state index is -4.76. The van der Waals surface area contributed by atoms with E-state index in [2.05, 4.69) is 45.5 Å². The zero-order valence-electron chi connectivity index (χ0n) is 35.2. The van der Waals surface area contributed by atoms with Gasteiger partial charge in [-0.2, -0.15) is 8.42 Å². The summed E-state index contributed by atoms with van der Waals surface area (Å²) in [5, 5.41) is 41.7. The third-order valence-corrected chi connectivity index (χ3v) is 11.5. The normalized spacial score (nSPS) is 23.7. The molecule has 33 heteroatoms. The summed E-state index contributed by atoms with van der Waals surface area (Å²) >= 11 is 0.980. The zero-order valence-corrected chi connectivity index (χ0v) is 36.8. The van der Waals surface area contributed by atoms with E-state index in [0.29, 0.717) is 11.1 Å². The number of nitrogen functional groups attached to an aromatic ring is 1. The molecule has 3 saturated heterocycles. The van der Waals surface area contributed by atoms with Crippen molar-refractivity contribution in [2.75, 3.05) is 18.9 Å². The molecule has 0 aromatic carbocycles. The number of carboxylic acids is 1. The maximum Gasteiger partial charge on any atom is 0.362 e. The Labute approximate surface area is 373 Å². The number of H-pyrrole nitrogens is 2. The van der Waals surface area contributed by atoms with Crippen LogP contribution in [0.25, 0.3) is 20.9 Å². The molecule has 6 rings (SSSR count). The fourth-order valence-electron chi connectivity index (χ4n) is 6.19. The van der Waals surface area contributed by atoms with Gasteiger partial charge in [-0.05, 0) is 45.7 Å². The summed E-state index contributed by atoms with van der Waals surface area (Å²) in [6.45, 7) is 6.21. The van der Waals surface area contributed by atoms with Crippen LogP contribution in [-0.2, 0) is 39.0 Å². The van der Waals surface area contributed by atoms with E-state index in [1.807, 2.05) is 0 Å². The fourth-order valence-corrected chi connectivity index (χ4v) is 7.62.